The maximum atomic E-state index is 13.2. The molecule has 3 aromatic rings. The lowest BCUT2D eigenvalue weighted by atomic mass is 10.1. The van der Waals surface area contributed by atoms with E-state index < -0.39 is 10.1 Å². The molecule has 9 nitrogen and oxygen atoms in total. The first-order chi connectivity index (χ1) is 13.9. The SMILES string of the molecule is CC(C)c1nc(CN=[N+]=[N-])n(Cc2ccncc2)c1S(=O)(=O)Oc1ccccc1. The van der Waals surface area contributed by atoms with Gasteiger partial charge in [0, 0.05) is 17.3 Å². The van der Waals surface area contributed by atoms with Crippen LogP contribution >= 0.6 is 0 Å². The standard InChI is InChI=1S/C19H20N6O3S/c1-14(2)18-19(29(26,27)28-16-6-4-3-5-7-16)25(17(23-18)12-22-24-20)13-15-8-10-21-11-9-15/h3-11,14H,12-13H2,1-2H3. The fourth-order valence-electron chi connectivity index (χ4n) is 2.83. The number of rotatable bonds is 8. The van der Waals surface area contributed by atoms with Crippen LogP contribution in [0.25, 0.3) is 10.4 Å². The number of benzene rings is 1. The lowest BCUT2D eigenvalue weighted by molar-refractivity contribution is 0.471. The molecule has 0 bridgehead atoms. The Morgan fingerprint density at radius 3 is 2.48 bits per heavy atom. The molecule has 0 spiro atoms. The van der Waals surface area contributed by atoms with Crippen LogP contribution in [0.4, 0.5) is 0 Å². The van der Waals surface area contributed by atoms with E-state index >= 15 is 0 Å². The van der Waals surface area contributed by atoms with Crippen LogP contribution in [0.15, 0.2) is 65.0 Å². The molecule has 29 heavy (non-hydrogen) atoms. The number of hydrogen-bond acceptors (Lipinski definition) is 6. The Balaban J connectivity index is 2.16. The average Bonchev–Trinajstić information content (AvgIpc) is 3.07. The third-order valence-electron chi connectivity index (χ3n) is 4.12. The van der Waals surface area contributed by atoms with Crippen LogP contribution in [0, 0.1) is 0 Å². The van der Waals surface area contributed by atoms with Crippen molar-refractivity contribution in [3.05, 3.63) is 82.4 Å². The lowest BCUT2D eigenvalue weighted by Gasteiger charge is -2.14. The molecule has 2 heterocycles. The summed E-state index contributed by atoms with van der Waals surface area (Å²) in [6, 6.07) is 11.8. The van der Waals surface area contributed by atoms with Gasteiger partial charge in [-0.2, -0.15) is 8.42 Å². The third-order valence-corrected chi connectivity index (χ3v) is 5.44. The van der Waals surface area contributed by atoms with Gasteiger partial charge in [0.05, 0.1) is 18.8 Å². The van der Waals surface area contributed by atoms with Crippen molar-refractivity contribution < 1.29 is 12.6 Å². The van der Waals surface area contributed by atoms with Gasteiger partial charge in [-0.1, -0.05) is 37.2 Å². The Labute approximate surface area is 168 Å². The summed E-state index contributed by atoms with van der Waals surface area (Å²) >= 11 is 0. The van der Waals surface area contributed by atoms with Crippen LogP contribution in [0.3, 0.4) is 0 Å². The fraction of sp³-hybridized carbons (Fsp3) is 0.263. The highest BCUT2D eigenvalue weighted by molar-refractivity contribution is 7.87. The summed E-state index contributed by atoms with van der Waals surface area (Å²) in [5, 5.41) is 3.53. The first kappa shape index (κ1) is 20.4. The average molecular weight is 412 g/mol. The first-order valence-corrected chi connectivity index (χ1v) is 10.3. The highest BCUT2D eigenvalue weighted by Crippen LogP contribution is 2.29. The van der Waals surface area contributed by atoms with Crippen LogP contribution in [0.5, 0.6) is 5.75 Å². The van der Waals surface area contributed by atoms with Gasteiger partial charge in [-0.25, -0.2) is 4.98 Å². The minimum Gasteiger partial charge on any atom is -0.378 e. The summed E-state index contributed by atoms with van der Waals surface area (Å²) in [5.74, 6) is 0.358. The maximum absolute atomic E-state index is 13.2. The molecule has 150 valence electrons. The van der Waals surface area contributed by atoms with Gasteiger partial charge in [0.25, 0.3) is 0 Å². The summed E-state index contributed by atoms with van der Waals surface area (Å²) in [7, 11) is -4.19. The van der Waals surface area contributed by atoms with Gasteiger partial charge in [-0.05, 0) is 41.3 Å². The van der Waals surface area contributed by atoms with E-state index in [0.29, 0.717) is 11.5 Å². The Morgan fingerprint density at radius 1 is 1.17 bits per heavy atom. The normalized spacial score (nSPS) is 11.3. The topological polar surface area (TPSA) is 123 Å². The largest absolute Gasteiger partial charge is 0.378 e. The molecule has 0 aliphatic heterocycles. The summed E-state index contributed by atoms with van der Waals surface area (Å²) in [4.78, 5) is 11.2. The minimum atomic E-state index is -4.19. The fourth-order valence-corrected chi connectivity index (χ4v) is 4.25. The third kappa shape index (κ3) is 4.74. The number of hydrogen-bond donors (Lipinski definition) is 0. The predicted octanol–water partition coefficient (Wildman–Crippen LogP) is 4.03. The van der Waals surface area contributed by atoms with Crippen LogP contribution in [-0.2, 0) is 23.2 Å². The first-order valence-electron chi connectivity index (χ1n) is 8.91. The van der Waals surface area contributed by atoms with Crippen molar-refractivity contribution in [3.8, 4) is 5.75 Å². The van der Waals surface area contributed by atoms with E-state index in [2.05, 4.69) is 20.0 Å². The molecule has 0 atom stereocenters. The Morgan fingerprint density at radius 2 is 1.86 bits per heavy atom. The number of nitrogens with zero attached hydrogens (tertiary/aromatic N) is 6. The number of azide groups is 1. The molecule has 0 saturated heterocycles. The van der Waals surface area contributed by atoms with E-state index in [-0.39, 0.29) is 29.8 Å². The Hall–Kier alpha value is -3.36. The van der Waals surface area contributed by atoms with Crippen LogP contribution in [0.1, 0.15) is 36.8 Å². The zero-order valence-corrected chi connectivity index (χ0v) is 16.8. The van der Waals surface area contributed by atoms with Crippen LogP contribution in [-0.4, -0.2) is 23.0 Å². The van der Waals surface area contributed by atoms with E-state index in [1.807, 2.05) is 13.8 Å². The molecule has 10 heteroatoms. The van der Waals surface area contributed by atoms with Gasteiger partial charge in [-0.3, -0.25) is 4.98 Å². The monoisotopic (exact) mass is 412 g/mol. The Bertz CT molecular complexity index is 1120. The molecular formula is C19H20N6O3S. The van der Waals surface area contributed by atoms with Gasteiger partial charge in [0.2, 0.25) is 0 Å². The summed E-state index contributed by atoms with van der Waals surface area (Å²) < 4.78 is 33.3. The van der Waals surface area contributed by atoms with Crippen molar-refractivity contribution in [2.24, 2.45) is 5.11 Å². The number of para-hydroxylation sites is 1. The van der Waals surface area contributed by atoms with Crippen LogP contribution < -0.4 is 4.18 Å². The lowest BCUT2D eigenvalue weighted by Crippen LogP contribution is -2.19. The second kappa shape index (κ2) is 8.76. The van der Waals surface area contributed by atoms with Crippen molar-refractivity contribution in [2.45, 2.75) is 37.9 Å². The number of pyridine rings is 1. The van der Waals surface area contributed by atoms with Crippen molar-refractivity contribution in [3.63, 3.8) is 0 Å². The Kier molecular flexibility index (Phi) is 6.16. The molecule has 0 unspecified atom stereocenters. The molecular weight excluding hydrogens is 392 g/mol. The van der Waals surface area contributed by atoms with E-state index in [1.165, 1.54) is 4.57 Å². The molecule has 0 saturated carbocycles. The van der Waals surface area contributed by atoms with Crippen molar-refractivity contribution in [1.82, 2.24) is 14.5 Å². The molecule has 0 radical (unpaired) electrons. The van der Waals surface area contributed by atoms with Crippen molar-refractivity contribution in [2.75, 3.05) is 0 Å². The van der Waals surface area contributed by atoms with Gasteiger partial charge in [0.1, 0.15) is 11.6 Å². The van der Waals surface area contributed by atoms with Crippen molar-refractivity contribution >= 4 is 10.1 Å². The second-order valence-corrected chi connectivity index (χ2v) is 8.02. The van der Waals surface area contributed by atoms with E-state index in [0.717, 1.165) is 5.56 Å². The van der Waals surface area contributed by atoms with Gasteiger partial charge in [0.15, 0.2) is 5.03 Å². The van der Waals surface area contributed by atoms with Gasteiger partial charge >= 0.3 is 10.1 Å². The molecule has 0 aliphatic carbocycles. The van der Waals surface area contributed by atoms with Crippen LogP contribution in [0.2, 0.25) is 0 Å². The summed E-state index contributed by atoms with van der Waals surface area (Å²) in [6.45, 7) is 3.82. The zero-order valence-electron chi connectivity index (χ0n) is 16.0. The quantitative estimate of drug-likeness (QED) is 0.239. The maximum Gasteiger partial charge on any atom is 0.357 e. The molecule has 0 N–H and O–H groups in total. The zero-order chi connectivity index (χ0) is 20.9. The second-order valence-electron chi connectivity index (χ2n) is 6.55. The van der Waals surface area contributed by atoms with Crippen molar-refractivity contribution in [1.29, 1.82) is 0 Å². The number of imidazole rings is 1. The van der Waals surface area contributed by atoms with Gasteiger partial charge in [-0.15, -0.1) is 0 Å². The molecule has 0 amide bonds. The van der Waals surface area contributed by atoms with E-state index in [4.69, 9.17) is 9.71 Å². The van der Waals surface area contributed by atoms with Gasteiger partial charge < -0.3 is 8.75 Å². The van der Waals surface area contributed by atoms with E-state index in [9.17, 15) is 8.42 Å². The smallest absolute Gasteiger partial charge is 0.357 e. The summed E-state index contributed by atoms with van der Waals surface area (Å²) in [6.07, 6.45) is 3.24. The highest BCUT2D eigenvalue weighted by atomic mass is 32.2. The van der Waals surface area contributed by atoms with E-state index in [1.54, 1.807) is 54.9 Å². The molecule has 0 fully saturated rings. The molecule has 3 rings (SSSR count). The molecule has 0 aliphatic rings. The molecule has 2 aromatic heterocycles. The highest BCUT2D eigenvalue weighted by Gasteiger charge is 2.31. The number of aromatic nitrogens is 3. The summed E-state index contributed by atoms with van der Waals surface area (Å²) in [5.41, 5.74) is 9.90. The minimum absolute atomic E-state index is 0.0451. The predicted molar refractivity (Wildman–Crippen MR) is 107 cm³/mol. The molecule has 1 aromatic carbocycles.